The second-order valence-corrected chi connectivity index (χ2v) is 7.01. The monoisotopic (exact) mass is 365 g/mol. The Labute approximate surface area is 156 Å². The number of hydrazone groups is 1. The predicted molar refractivity (Wildman–Crippen MR) is 103 cm³/mol. The predicted octanol–water partition coefficient (Wildman–Crippen LogP) is 3.31. The number of fused-ring (bicyclic) bond motifs is 2. The maximum atomic E-state index is 13.8. The molecule has 138 valence electrons. The molecule has 0 aliphatic carbocycles. The fraction of sp³-hybridized carbons (Fsp3) is 0.250. The van der Waals surface area contributed by atoms with Gasteiger partial charge in [-0.2, -0.15) is 9.49 Å². The van der Waals surface area contributed by atoms with Crippen LogP contribution in [0.3, 0.4) is 0 Å². The van der Waals surface area contributed by atoms with Gasteiger partial charge in [0, 0.05) is 24.5 Å². The lowest BCUT2D eigenvalue weighted by Crippen LogP contribution is -2.32. The van der Waals surface area contributed by atoms with E-state index in [0.717, 1.165) is 11.1 Å². The average Bonchev–Trinajstić information content (AvgIpc) is 3.13. The lowest BCUT2D eigenvalue weighted by Gasteiger charge is -2.19. The summed E-state index contributed by atoms with van der Waals surface area (Å²) in [6.45, 7) is 6.48. The van der Waals surface area contributed by atoms with Crippen LogP contribution in [0.1, 0.15) is 42.3 Å². The molecule has 1 aliphatic rings. The van der Waals surface area contributed by atoms with Crippen molar-refractivity contribution < 1.29 is 9.18 Å². The normalized spacial score (nSPS) is 15.3. The van der Waals surface area contributed by atoms with E-state index in [4.69, 9.17) is 0 Å². The highest BCUT2D eigenvalue weighted by atomic mass is 19.1. The molecule has 7 heteroatoms. The Kier molecular flexibility index (Phi) is 3.95. The minimum absolute atomic E-state index is 0.0557. The van der Waals surface area contributed by atoms with Gasteiger partial charge in [-0.15, -0.1) is 0 Å². The standard InChI is InChI=1S/C20H20FN5O/c1-4-26(18-16-7-8-17(21)25(16)10-9-22-18)23-12-13-5-6-14-15(11-13)20(2,3)24-19(14)27/h5-12H,4H2,1-3H3,(H,24,27)/b23-12+. The second-order valence-electron chi connectivity index (χ2n) is 7.01. The minimum atomic E-state index is -0.405. The third-order valence-electron chi connectivity index (χ3n) is 4.79. The molecule has 0 spiro atoms. The number of rotatable bonds is 4. The molecule has 1 aliphatic heterocycles. The molecule has 0 fully saturated rings. The molecular weight excluding hydrogens is 345 g/mol. The number of aromatic nitrogens is 2. The second kappa shape index (κ2) is 6.19. The summed E-state index contributed by atoms with van der Waals surface area (Å²) in [6, 6.07) is 8.74. The van der Waals surface area contributed by atoms with Gasteiger partial charge < -0.3 is 5.32 Å². The van der Waals surface area contributed by atoms with Gasteiger partial charge in [0.15, 0.2) is 11.8 Å². The van der Waals surface area contributed by atoms with Crippen LogP contribution in [0.4, 0.5) is 10.2 Å². The van der Waals surface area contributed by atoms with Crippen LogP contribution in [-0.4, -0.2) is 28.1 Å². The molecule has 6 nitrogen and oxygen atoms in total. The molecular formula is C20H20FN5O. The van der Waals surface area contributed by atoms with Gasteiger partial charge in [-0.05, 0) is 56.2 Å². The topological polar surface area (TPSA) is 62.0 Å². The zero-order valence-electron chi connectivity index (χ0n) is 15.4. The maximum Gasteiger partial charge on any atom is 0.252 e. The van der Waals surface area contributed by atoms with Crippen molar-refractivity contribution in [3.63, 3.8) is 0 Å². The van der Waals surface area contributed by atoms with E-state index in [0.29, 0.717) is 23.4 Å². The Hall–Kier alpha value is -3.22. The lowest BCUT2D eigenvalue weighted by atomic mass is 9.93. The molecule has 3 aromatic rings. The van der Waals surface area contributed by atoms with Crippen molar-refractivity contribution in [1.82, 2.24) is 14.7 Å². The molecule has 1 N–H and O–H groups in total. The molecule has 0 saturated heterocycles. The first kappa shape index (κ1) is 17.2. The van der Waals surface area contributed by atoms with E-state index >= 15 is 0 Å². The number of carbonyl (C=O) groups is 1. The van der Waals surface area contributed by atoms with Crippen LogP contribution in [0.5, 0.6) is 0 Å². The van der Waals surface area contributed by atoms with Gasteiger partial charge >= 0.3 is 0 Å². The molecule has 1 amide bonds. The van der Waals surface area contributed by atoms with Crippen LogP contribution in [0.15, 0.2) is 47.8 Å². The summed E-state index contributed by atoms with van der Waals surface area (Å²) in [4.78, 5) is 16.4. The van der Waals surface area contributed by atoms with Crippen LogP contribution in [0.25, 0.3) is 5.52 Å². The number of benzene rings is 1. The summed E-state index contributed by atoms with van der Waals surface area (Å²) in [5.41, 5.74) is 2.77. The molecule has 0 radical (unpaired) electrons. The summed E-state index contributed by atoms with van der Waals surface area (Å²) >= 11 is 0. The highest BCUT2D eigenvalue weighted by molar-refractivity contribution is 6.00. The molecule has 1 aromatic carbocycles. The Morgan fingerprint density at radius 1 is 1.33 bits per heavy atom. The number of nitrogens with one attached hydrogen (secondary N) is 1. The summed E-state index contributed by atoms with van der Waals surface area (Å²) in [6.07, 6.45) is 4.87. The van der Waals surface area contributed by atoms with E-state index in [1.807, 2.05) is 39.0 Å². The van der Waals surface area contributed by atoms with Crippen molar-refractivity contribution in [1.29, 1.82) is 0 Å². The highest BCUT2D eigenvalue weighted by Gasteiger charge is 2.34. The molecule has 0 unspecified atom stereocenters. The average molecular weight is 365 g/mol. The number of hydrogen-bond acceptors (Lipinski definition) is 4. The van der Waals surface area contributed by atoms with Crippen LogP contribution in [0, 0.1) is 5.95 Å². The Morgan fingerprint density at radius 2 is 2.15 bits per heavy atom. The van der Waals surface area contributed by atoms with Gasteiger partial charge in [0.05, 0.1) is 17.3 Å². The number of anilines is 1. The summed E-state index contributed by atoms with van der Waals surface area (Å²) in [5, 5.41) is 9.23. The van der Waals surface area contributed by atoms with Crippen molar-refractivity contribution in [2.75, 3.05) is 11.6 Å². The number of hydrogen-bond donors (Lipinski definition) is 1. The van der Waals surface area contributed by atoms with Gasteiger partial charge in [0.25, 0.3) is 5.91 Å². The Morgan fingerprint density at radius 3 is 2.93 bits per heavy atom. The molecule has 0 bridgehead atoms. The van der Waals surface area contributed by atoms with Gasteiger partial charge in [-0.1, -0.05) is 6.07 Å². The minimum Gasteiger partial charge on any atom is -0.343 e. The third-order valence-corrected chi connectivity index (χ3v) is 4.79. The lowest BCUT2D eigenvalue weighted by molar-refractivity contribution is 0.0940. The smallest absolute Gasteiger partial charge is 0.252 e. The molecule has 2 aromatic heterocycles. The first-order chi connectivity index (χ1) is 12.9. The Bertz CT molecular complexity index is 1070. The number of amides is 1. The molecule has 4 rings (SSSR count). The number of nitrogens with zero attached hydrogens (tertiary/aromatic N) is 4. The van der Waals surface area contributed by atoms with E-state index in [2.05, 4.69) is 15.4 Å². The fourth-order valence-electron chi connectivity index (χ4n) is 3.39. The van der Waals surface area contributed by atoms with Crippen molar-refractivity contribution in [2.24, 2.45) is 5.10 Å². The van der Waals surface area contributed by atoms with Crippen molar-refractivity contribution in [3.8, 4) is 0 Å². The summed E-state index contributed by atoms with van der Waals surface area (Å²) in [5.74, 6) is 0.185. The fourth-order valence-corrected chi connectivity index (χ4v) is 3.39. The van der Waals surface area contributed by atoms with E-state index in [1.54, 1.807) is 29.7 Å². The first-order valence-corrected chi connectivity index (χ1v) is 8.81. The molecule has 27 heavy (non-hydrogen) atoms. The molecule has 3 heterocycles. The van der Waals surface area contributed by atoms with Crippen molar-refractivity contribution >= 4 is 23.5 Å². The van der Waals surface area contributed by atoms with Crippen LogP contribution in [-0.2, 0) is 5.54 Å². The zero-order valence-corrected chi connectivity index (χ0v) is 15.4. The maximum absolute atomic E-state index is 13.8. The van der Waals surface area contributed by atoms with Gasteiger partial charge in [0.2, 0.25) is 0 Å². The van der Waals surface area contributed by atoms with Crippen molar-refractivity contribution in [3.05, 3.63) is 65.4 Å². The summed E-state index contributed by atoms with van der Waals surface area (Å²) < 4.78 is 15.3. The third kappa shape index (κ3) is 2.85. The van der Waals surface area contributed by atoms with E-state index in [9.17, 15) is 9.18 Å². The van der Waals surface area contributed by atoms with Crippen molar-refractivity contribution in [2.45, 2.75) is 26.3 Å². The van der Waals surface area contributed by atoms with Crippen LogP contribution in [0.2, 0.25) is 0 Å². The van der Waals surface area contributed by atoms with Gasteiger partial charge in [0.1, 0.15) is 0 Å². The molecule has 0 atom stereocenters. The SMILES string of the molecule is CCN(/N=C/c1ccc2c(c1)C(C)(C)NC2=O)c1nccn2c(F)ccc12. The van der Waals surface area contributed by atoms with E-state index in [1.165, 1.54) is 10.5 Å². The van der Waals surface area contributed by atoms with Gasteiger partial charge in [-0.3, -0.25) is 9.20 Å². The quantitative estimate of drug-likeness (QED) is 0.570. The number of halogens is 1. The largest absolute Gasteiger partial charge is 0.343 e. The highest BCUT2D eigenvalue weighted by Crippen LogP contribution is 2.31. The molecule has 0 saturated carbocycles. The Balaban J connectivity index is 1.68. The first-order valence-electron chi connectivity index (χ1n) is 8.81. The van der Waals surface area contributed by atoms with Gasteiger partial charge in [-0.25, -0.2) is 9.99 Å². The van der Waals surface area contributed by atoms with E-state index in [-0.39, 0.29) is 11.9 Å². The zero-order chi connectivity index (χ0) is 19.2. The number of carbonyl (C=O) groups excluding carboxylic acids is 1. The van der Waals surface area contributed by atoms with Crippen LogP contribution >= 0.6 is 0 Å². The van der Waals surface area contributed by atoms with Crippen LogP contribution < -0.4 is 10.3 Å². The van der Waals surface area contributed by atoms with E-state index < -0.39 is 5.54 Å². The summed E-state index contributed by atoms with van der Waals surface area (Å²) in [7, 11) is 0.